The van der Waals surface area contributed by atoms with Crippen LogP contribution < -0.4 is 4.74 Å². The first-order chi connectivity index (χ1) is 13.0. The van der Waals surface area contributed by atoms with Gasteiger partial charge in [0, 0.05) is 42.7 Å². The smallest absolute Gasteiger partial charge is 0.172 e. The van der Waals surface area contributed by atoms with Gasteiger partial charge in [0.1, 0.15) is 11.5 Å². The number of Topliss-reactive ketones (excluding diaryl/α,β-unsaturated/α-hetero) is 2. The van der Waals surface area contributed by atoms with E-state index in [2.05, 4.69) is 15.9 Å². The fraction of sp³-hybridized carbons (Fsp3) is 0.429. The molecule has 5 nitrogen and oxygen atoms in total. The van der Waals surface area contributed by atoms with E-state index in [0.29, 0.717) is 65.2 Å². The second kappa shape index (κ2) is 7.15. The lowest BCUT2D eigenvalue weighted by Gasteiger charge is -2.36. The molecule has 0 atom stereocenters. The van der Waals surface area contributed by atoms with Crippen LogP contribution in [-0.2, 0) is 14.3 Å². The molecule has 0 spiro atoms. The minimum Gasteiger partial charge on any atom is -0.503 e. The average Bonchev–Trinajstić information content (AvgIpc) is 2.64. The van der Waals surface area contributed by atoms with E-state index >= 15 is 0 Å². The Morgan fingerprint density at radius 1 is 1.07 bits per heavy atom. The number of aromatic hydroxyl groups is 1. The first kappa shape index (κ1) is 18.3. The number of carbonyl (C=O) groups excluding carboxylic acids is 2. The molecule has 4 rings (SSSR count). The third kappa shape index (κ3) is 3.10. The summed E-state index contributed by atoms with van der Waals surface area (Å²) in [5, 5.41) is 10.3. The van der Waals surface area contributed by atoms with Gasteiger partial charge in [-0.25, -0.2) is 0 Å². The van der Waals surface area contributed by atoms with Crippen LogP contribution >= 0.6 is 15.9 Å². The Morgan fingerprint density at radius 2 is 1.67 bits per heavy atom. The molecular formula is C21H21BrO5. The first-order valence-corrected chi connectivity index (χ1v) is 10.2. The molecule has 2 aliphatic carbocycles. The molecule has 0 aromatic heterocycles. The average molecular weight is 433 g/mol. The molecule has 0 amide bonds. The van der Waals surface area contributed by atoms with Gasteiger partial charge >= 0.3 is 0 Å². The number of allylic oxidation sites excluding steroid dienone is 4. The summed E-state index contributed by atoms with van der Waals surface area (Å²) >= 11 is 3.38. The molecular weight excluding hydrogens is 412 g/mol. The summed E-state index contributed by atoms with van der Waals surface area (Å²) in [6.07, 6.45) is 3.88. The molecule has 0 saturated heterocycles. The topological polar surface area (TPSA) is 72.8 Å². The summed E-state index contributed by atoms with van der Waals surface area (Å²) in [6, 6.07) is 3.51. The maximum atomic E-state index is 12.8. The van der Waals surface area contributed by atoms with Crippen molar-refractivity contribution < 1.29 is 24.2 Å². The van der Waals surface area contributed by atoms with Crippen LogP contribution in [0.15, 0.2) is 39.3 Å². The van der Waals surface area contributed by atoms with Gasteiger partial charge in [-0.3, -0.25) is 9.59 Å². The van der Waals surface area contributed by atoms with Crippen molar-refractivity contribution in [3.8, 4) is 11.5 Å². The minimum atomic E-state index is -0.458. The van der Waals surface area contributed by atoms with E-state index < -0.39 is 5.92 Å². The predicted molar refractivity (Wildman–Crippen MR) is 103 cm³/mol. The second-order valence-electron chi connectivity index (χ2n) is 7.04. The summed E-state index contributed by atoms with van der Waals surface area (Å²) in [6.45, 7) is 2.24. The quantitative estimate of drug-likeness (QED) is 0.750. The van der Waals surface area contributed by atoms with Crippen LogP contribution in [0, 0.1) is 0 Å². The van der Waals surface area contributed by atoms with E-state index in [0.717, 1.165) is 18.4 Å². The van der Waals surface area contributed by atoms with Crippen molar-refractivity contribution in [2.24, 2.45) is 0 Å². The van der Waals surface area contributed by atoms with E-state index in [1.165, 1.54) is 0 Å². The molecule has 0 bridgehead atoms. The summed E-state index contributed by atoms with van der Waals surface area (Å²) in [4.78, 5) is 25.6. The Morgan fingerprint density at radius 3 is 2.22 bits per heavy atom. The number of halogens is 1. The molecule has 27 heavy (non-hydrogen) atoms. The van der Waals surface area contributed by atoms with Crippen molar-refractivity contribution in [1.82, 2.24) is 0 Å². The van der Waals surface area contributed by atoms with E-state index in [4.69, 9.17) is 9.47 Å². The summed E-state index contributed by atoms with van der Waals surface area (Å²) in [7, 11) is 0. The van der Waals surface area contributed by atoms with Gasteiger partial charge in [0.2, 0.25) is 0 Å². The van der Waals surface area contributed by atoms with Crippen molar-refractivity contribution >= 4 is 27.5 Å². The van der Waals surface area contributed by atoms with Crippen LogP contribution in [0.5, 0.6) is 11.5 Å². The highest BCUT2D eigenvalue weighted by Crippen LogP contribution is 2.49. The lowest BCUT2D eigenvalue weighted by molar-refractivity contribution is -0.117. The molecule has 0 unspecified atom stereocenters. The Balaban J connectivity index is 1.92. The van der Waals surface area contributed by atoms with Crippen LogP contribution in [0.25, 0.3) is 0 Å². The molecule has 1 N–H and O–H groups in total. The molecule has 6 heteroatoms. The summed E-state index contributed by atoms with van der Waals surface area (Å²) in [5.41, 5.74) is 1.95. The Kier molecular flexibility index (Phi) is 4.84. The number of hydrogen-bond acceptors (Lipinski definition) is 5. The van der Waals surface area contributed by atoms with Crippen molar-refractivity contribution in [2.45, 2.75) is 51.4 Å². The number of ether oxygens (including phenoxy) is 2. The lowest BCUT2D eigenvalue weighted by Crippen LogP contribution is -2.30. The molecule has 1 aromatic rings. The van der Waals surface area contributed by atoms with Crippen molar-refractivity contribution in [3.05, 3.63) is 44.8 Å². The van der Waals surface area contributed by atoms with E-state index in [9.17, 15) is 14.7 Å². The number of phenolic OH excluding ortho intramolecular Hbond substituents is 1. The fourth-order valence-electron chi connectivity index (χ4n) is 4.18. The molecule has 1 heterocycles. The van der Waals surface area contributed by atoms with Crippen LogP contribution in [0.2, 0.25) is 0 Å². The lowest BCUT2D eigenvalue weighted by atomic mass is 9.73. The van der Waals surface area contributed by atoms with Crippen LogP contribution in [0.4, 0.5) is 0 Å². The van der Waals surface area contributed by atoms with E-state index in [1.54, 1.807) is 12.1 Å². The monoisotopic (exact) mass is 432 g/mol. The standard InChI is InChI=1S/C21H21BrO5/c1-2-26-17-10-11(9-12(22)21(17)25)18-19-13(23)5-3-7-15(19)27-16-8-4-6-14(24)20(16)18/h9-10,18,25H,2-8H2,1H3. The zero-order chi connectivity index (χ0) is 19.1. The predicted octanol–water partition coefficient (Wildman–Crippen LogP) is 4.68. The number of carbonyl (C=O) groups is 2. The molecule has 0 saturated carbocycles. The van der Waals surface area contributed by atoms with Crippen molar-refractivity contribution in [3.63, 3.8) is 0 Å². The zero-order valence-electron chi connectivity index (χ0n) is 15.1. The highest BCUT2D eigenvalue weighted by atomic mass is 79.9. The van der Waals surface area contributed by atoms with Gasteiger partial charge in [0.15, 0.2) is 23.1 Å². The highest BCUT2D eigenvalue weighted by Gasteiger charge is 2.42. The number of ketones is 2. The first-order valence-electron chi connectivity index (χ1n) is 9.36. The van der Waals surface area contributed by atoms with Crippen molar-refractivity contribution in [2.75, 3.05) is 6.61 Å². The second-order valence-corrected chi connectivity index (χ2v) is 7.90. The van der Waals surface area contributed by atoms with Gasteiger partial charge in [0.05, 0.1) is 11.1 Å². The zero-order valence-corrected chi connectivity index (χ0v) is 16.7. The van der Waals surface area contributed by atoms with Gasteiger partial charge in [-0.1, -0.05) is 0 Å². The minimum absolute atomic E-state index is 0.0148. The molecule has 0 fully saturated rings. The third-order valence-electron chi connectivity index (χ3n) is 5.32. The third-order valence-corrected chi connectivity index (χ3v) is 5.93. The van der Waals surface area contributed by atoms with Gasteiger partial charge < -0.3 is 14.6 Å². The SMILES string of the molecule is CCOc1cc(C2C3=C(CCCC3=O)OC3=C2C(=O)CCC3)cc(Br)c1O. The maximum absolute atomic E-state index is 12.8. The maximum Gasteiger partial charge on any atom is 0.172 e. The van der Waals surface area contributed by atoms with Crippen molar-refractivity contribution in [1.29, 1.82) is 0 Å². The molecule has 3 aliphatic rings. The molecule has 142 valence electrons. The fourth-order valence-corrected chi connectivity index (χ4v) is 4.64. The van der Waals surface area contributed by atoms with Gasteiger partial charge in [0.25, 0.3) is 0 Å². The Bertz CT molecular complexity index is 854. The molecule has 1 aliphatic heterocycles. The summed E-state index contributed by atoms with van der Waals surface area (Å²) < 4.78 is 12.1. The Labute approximate surface area is 166 Å². The number of rotatable bonds is 3. The van der Waals surface area contributed by atoms with E-state index in [-0.39, 0.29) is 17.3 Å². The molecule has 1 aromatic carbocycles. The van der Waals surface area contributed by atoms with Crippen LogP contribution in [0.1, 0.15) is 56.9 Å². The largest absolute Gasteiger partial charge is 0.503 e. The summed E-state index contributed by atoms with van der Waals surface area (Å²) in [5.74, 6) is 1.37. The Hall–Kier alpha value is -2.08. The number of benzene rings is 1. The van der Waals surface area contributed by atoms with E-state index in [1.807, 2.05) is 6.92 Å². The van der Waals surface area contributed by atoms with Gasteiger partial charge in [-0.05, 0) is 53.4 Å². The molecule has 0 radical (unpaired) electrons. The number of phenols is 1. The number of hydrogen-bond donors (Lipinski definition) is 1. The highest BCUT2D eigenvalue weighted by molar-refractivity contribution is 9.10. The van der Waals surface area contributed by atoms with Gasteiger partial charge in [-0.15, -0.1) is 0 Å². The van der Waals surface area contributed by atoms with Gasteiger partial charge in [-0.2, -0.15) is 0 Å². The van der Waals surface area contributed by atoms with Crippen LogP contribution in [-0.4, -0.2) is 23.3 Å². The normalized spacial score (nSPS) is 20.4. The van der Waals surface area contributed by atoms with Crippen LogP contribution in [0.3, 0.4) is 0 Å².